The van der Waals surface area contributed by atoms with Crippen molar-refractivity contribution in [1.82, 2.24) is 0 Å². The zero-order valence-electron chi connectivity index (χ0n) is 8.13. The average molecular weight is 167 g/mol. The third-order valence-corrected chi connectivity index (χ3v) is 3.98. The minimum Gasteiger partial charge on any atom is -0.330 e. The Morgan fingerprint density at radius 3 is 2.50 bits per heavy atom. The topological polar surface area (TPSA) is 26.0 Å². The quantitative estimate of drug-likeness (QED) is 0.683. The van der Waals surface area contributed by atoms with Crippen molar-refractivity contribution < 1.29 is 0 Å². The maximum atomic E-state index is 5.80. The van der Waals surface area contributed by atoms with Gasteiger partial charge in [0.05, 0.1) is 0 Å². The van der Waals surface area contributed by atoms with Gasteiger partial charge in [-0.25, -0.2) is 0 Å². The molecule has 0 aliphatic heterocycles. The van der Waals surface area contributed by atoms with Crippen molar-refractivity contribution in [2.75, 3.05) is 6.54 Å². The molecule has 0 radical (unpaired) electrons. The van der Waals surface area contributed by atoms with E-state index in [0.717, 1.165) is 30.2 Å². The molecule has 1 nitrogen and oxygen atoms in total. The minimum atomic E-state index is 0.866. The number of hydrogen-bond donors (Lipinski definition) is 1. The Morgan fingerprint density at radius 1 is 1.33 bits per heavy atom. The highest BCUT2D eigenvalue weighted by Gasteiger charge is 2.54. The molecule has 0 aromatic heterocycles. The molecule has 0 aromatic carbocycles. The average Bonchev–Trinajstić information content (AvgIpc) is 2.59. The summed E-state index contributed by atoms with van der Waals surface area (Å²) in [4.78, 5) is 0. The van der Waals surface area contributed by atoms with E-state index >= 15 is 0 Å². The van der Waals surface area contributed by atoms with Crippen LogP contribution in [-0.4, -0.2) is 6.54 Å². The predicted octanol–water partition coefficient (Wildman–Crippen LogP) is 2.41. The Kier molecular flexibility index (Phi) is 2.40. The Morgan fingerprint density at radius 2 is 2.00 bits per heavy atom. The number of rotatable bonds is 4. The lowest BCUT2D eigenvalue weighted by Gasteiger charge is -2.15. The molecular formula is C11H21N. The first-order valence-electron chi connectivity index (χ1n) is 5.58. The van der Waals surface area contributed by atoms with Crippen molar-refractivity contribution in [2.45, 2.75) is 39.0 Å². The molecule has 3 unspecified atom stereocenters. The second-order valence-corrected chi connectivity index (χ2v) is 4.62. The van der Waals surface area contributed by atoms with Crippen molar-refractivity contribution in [3.05, 3.63) is 0 Å². The third-order valence-electron chi connectivity index (χ3n) is 3.98. The van der Waals surface area contributed by atoms with Gasteiger partial charge in [0.2, 0.25) is 0 Å². The van der Waals surface area contributed by atoms with Crippen molar-refractivity contribution in [3.63, 3.8) is 0 Å². The molecule has 2 N–H and O–H groups in total. The molecule has 0 heterocycles. The summed E-state index contributed by atoms with van der Waals surface area (Å²) in [6.45, 7) is 3.21. The summed E-state index contributed by atoms with van der Waals surface area (Å²) >= 11 is 0. The second-order valence-electron chi connectivity index (χ2n) is 4.62. The largest absolute Gasteiger partial charge is 0.330 e. The molecule has 2 rings (SSSR count). The van der Waals surface area contributed by atoms with Crippen LogP contribution in [0.4, 0.5) is 0 Å². The molecule has 1 heteroatoms. The normalized spacial score (nSPS) is 41.0. The molecule has 12 heavy (non-hydrogen) atoms. The van der Waals surface area contributed by atoms with Crippen molar-refractivity contribution in [1.29, 1.82) is 0 Å². The van der Waals surface area contributed by atoms with Crippen LogP contribution in [0, 0.1) is 23.7 Å². The predicted molar refractivity (Wildman–Crippen MR) is 51.8 cm³/mol. The Bertz CT molecular complexity index is 145. The van der Waals surface area contributed by atoms with Crippen LogP contribution in [0.5, 0.6) is 0 Å². The van der Waals surface area contributed by atoms with Crippen molar-refractivity contribution in [2.24, 2.45) is 29.4 Å². The summed E-state index contributed by atoms with van der Waals surface area (Å²) in [5.74, 6) is 4.11. The second kappa shape index (κ2) is 3.37. The first kappa shape index (κ1) is 8.55. The maximum absolute atomic E-state index is 5.80. The Balaban J connectivity index is 1.84. The molecular weight excluding hydrogens is 146 g/mol. The van der Waals surface area contributed by atoms with Gasteiger partial charge in [-0.3, -0.25) is 0 Å². The van der Waals surface area contributed by atoms with Gasteiger partial charge in [0.15, 0.2) is 0 Å². The first-order valence-corrected chi connectivity index (χ1v) is 5.58. The van der Waals surface area contributed by atoms with Crippen LogP contribution in [0.25, 0.3) is 0 Å². The molecule has 0 spiro atoms. The molecule has 2 fully saturated rings. The van der Waals surface area contributed by atoms with Gasteiger partial charge < -0.3 is 5.73 Å². The summed E-state index contributed by atoms with van der Waals surface area (Å²) in [6.07, 6.45) is 7.20. The number of hydrogen-bond acceptors (Lipinski definition) is 1. The standard InChI is InChI=1S/C11H21N/c1-2-4-8(7-12)11-9-5-3-6-10(9)11/h8-11H,2-7,12H2,1H3. The minimum absolute atomic E-state index is 0.866. The fourth-order valence-electron chi connectivity index (χ4n) is 3.41. The van der Waals surface area contributed by atoms with Gasteiger partial charge in [0, 0.05) is 0 Å². The summed E-state index contributed by atoms with van der Waals surface area (Å²) in [5.41, 5.74) is 5.80. The number of fused-ring (bicyclic) bond motifs is 1. The molecule has 0 bridgehead atoms. The van der Waals surface area contributed by atoms with E-state index in [2.05, 4.69) is 6.92 Å². The molecule has 0 amide bonds. The third kappa shape index (κ3) is 1.28. The summed E-state index contributed by atoms with van der Waals surface area (Å²) < 4.78 is 0. The molecule has 3 atom stereocenters. The van der Waals surface area contributed by atoms with Crippen LogP contribution >= 0.6 is 0 Å². The van der Waals surface area contributed by atoms with Gasteiger partial charge >= 0.3 is 0 Å². The van der Waals surface area contributed by atoms with Crippen LogP contribution in [0.15, 0.2) is 0 Å². The van der Waals surface area contributed by atoms with E-state index in [1.165, 1.54) is 32.1 Å². The van der Waals surface area contributed by atoms with E-state index in [-0.39, 0.29) is 0 Å². The zero-order valence-corrected chi connectivity index (χ0v) is 8.13. The molecule has 2 saturated carbocycles. The SMILES string of the molecule is CCCC(CN)C1C2CCCC21. The van der Waals surface area contributed by atoms with Crippen LogP contribution in [0.2, 0.25) is 0 Å². The molecule has 2 aliphatic carbocycles. The van der Waals surface area contributed by atoms with Crippen LogP contribution in [0.1, 0.15) is 39.0 Å². The van der Waals surface area contributed by atoms with Crippen molar-refractivity contribution >= 4 is 0 Å². The van der Waals surface area contributed by atoms with Gasteiger partial charge in [0.1, 0.15) is 0 Å². The lowest BCUT2D eigenvalue weighted by Crippen LogP contribution is -2.18. The highest BCUT2D eigenvalue weighted by Crippen LogP contribution is 2.61. The smallest absolute Gasteiger partial charge is 0.00460 e. The van der Waals surface area contributed by atoms with Gasteiger partial charge in [-0.05, 0) is 49.5 Å². The molecule has 70 valence electrons. The van der Waals surface area contributed by atoms with E-state index in [0.29, 0.717) is 0 Å². The summed E-state index contributed by atoms with van der Waals surface area (Å²) in [6, 6.07) is 0. The van der Waals surface area contributed by atoms with E-state index < -0.39 is 0 Å². The van der Waals surface area contributed by atoms with Gasteiger partial charge in [-0.1, -0.05) is 19.8 Å². The van der Waals surface area contributed by atoms with E-state index in [4.69, 9.17) is 5.73 Å². The van der Waals surface area contributed by atoms with Crippen LogP contribution in [-0.2, 0) is 0 Å². The number of nitrogens with two attached hydrogens (primary N) is 1. The molecule has 2 aliphatic rings. The molecule has 0 aromatic rings. The fourth-order valence-corrected chi connectivity index (χ4v) is 3.41. The Hall–Kier alpha value is -0.0400. The highest BCUT2D eigenvalue weighted by atomic mass is 14.6. The first-order chi connectivity index (χ1) is 5.88. The van der Waals surface area contributed by atoms with E-state index in [9.17, 15) is 0 Å². The maximum Gasteiger partial charge on any atom is -0.00460 e. The zero-order chi connectivity index (χ0) is 8.55. The highest BCUT2D eigenvalue weighted by molar-refractivity contribution is 5.03. The van der Waals surface area contributed by atoms with Crippen molar-refractivity contribution in [3.8, 4) is 0 Å². The lowest BCUT2D eigenvalue weighted by atomic mass is 9.93. The fraction of sp³-hybridized carbons (Fsp3) is 1.00. The van der Waals surface area contributed by atoms with E-state index in [1.54, 1.807) is 0 Å². The van der Waals surface area contributed by atoms with Gasteiger partial charge in [-0.2, -0.15) is 0 Å². The van der Waals surface area contributed by atoms with Gasteiger partial charge in [0.25, 0.3) is 0 Å². The lowest BCUT2D eigenvalue weighted by molar-refractivity contribution is 0.375. The summed E-state index contributed by atoms with van der Waals surface area (Å²) in [5, 5.41) is 0. The summed E-state index contributed by atoms with van der Waals surface area (Å²) in [7, 11) is 0. The van der Waals surface area contributed by atoms with Gasteiger partial charge in [-0.15, -0.1) is 0 Å². The molecule has 0 saturated heterocycles. The van der Waals surface area contributed by atoms with Crippen LogP contribution in [0.3, 0.4) is 0 Å². The Labute approximate surface area is 75.7 Å². The monoisotopic (exact) mass is 167 g/mol. The van der Waals surface area contributed by atoms with E-state index in [1.807, 2.05) is 0 Å². The van der Waals surface area contributed by atoms with Crippen LogP contribution < -0.4 is 5.73 Å².